The number of nitrogens with one attached hydrogen (secondary N) is 1. The summed E-state index contributed by atoms with van der Waals surface area (Å²) in [6.45, 7) is 2.26. The van der Waals surface area contributed by atoms with Gasteiger partial charge in [0, 0.05) is 37.1 Å². The van der Waals surface area contributed by atoms with Crippen molar-refractivity contribution in [3.05, 3.63) is 83.4 Å². The van der Waals surface area contributed by atoms with Crippen LogP contribution in [0.15, 0.2) is 66.7 Å². The van der Waals surface area contributed by atoms with Crippen molar-refractivity contribution in [1.29, 1.82) is 0 Å². The van der Waals surface area contributed by atoms with Crippen molar-refractivity contribution in [1.82, 2.24) is 4.90 Å². The van der Waals surface area contributed by atoms with Crippen LogP contribution in [-0.2, 0) is 27.5 Å². The van der Waals surface area contributed by atoms with E-state index >= 15 is 0 Å². The van der Waals surface area contributed by atoms with Crippen LogP contribution in [0.2, 0.25) is 0 Å². The Morgan fingerprint density at radius 2 is 1.68 bits per heavy atom. The number of fused-ring (bicyclic) bond motifs is 1. The van der Waals surface area contributed by atoms with Crippen molar-refractivity contribution in [3.8, 4) is 17.2 Å². The first-order chi connectivity index (χ1) is 19.9. The fourth-order valence-electron chi connectivity index (χ4n) is 5.17. The van der Waals surface area contributed by atoms with Gasteiger partial charge in [-0.05, 0) is 61.7 Å². The molecule has 3 aromatic carbocycles. The Morgan fingerprint density at radius 1 is 0.927 bits per heavy atom. The molecule has 1 fully saturated rings. The highest BCUT2D eigenvalue weighted by Crippen LogP contribution is 2.37. The van der Waals surface area contributed by atoms with E-state index in [0.717, 1.165) is 5.56 Å². The zero-order valence-corrected chi connectivity index (χ0v) is 22.9. The van der Waals surface area contributed by atoms with E-state index in [4.69, 9.17) is 14.2 Å². The van der Waals surface area contributed by atoms with Crippen molar-refractivity contribution in [2.45, 2.75) is 58.2 Å². The molecule has 0 unspecified atom stereocenters. The summed E-state index contributed by atoms with van der Waals surface area (Å²) in [5, 5.41) is 2.69. The number of hydrogen-bond acceptors (Lipinski definition) is 7. The highest BCUT2D eigenvalue weighted by atomic mass is 16.5. The summed E-state index contributed by atoms with van der Waals surface area (Å²) in [6.07, 6.45) is 1.16. The number of nitrogens with zero attached hydrogens (tertiary/aromatic N) is 1. The maximum absolute atomic E-state index is 13.6. The van der Waals surface area contributed by atoms with Gasteiger partial charge in [-0.1, -0.05) is 30.3 Å². The quantitative estimate of drug-likeness (QED) is 0.359. The minimum atomic E-state index is -0.664. The number of rotatable bonds is 8. The zero-order chi connectivity index (χ0) is 28.8. The lowest BCUT2D eigenvalue weighted by Gasteiger charge is -2.28. The molecular formula is C32H32N2O7. The van der Waals surface area contributed by atoms with Gasteiger partial charge >= 0.3 is 6.09 Å². The second-order valence-electron chi connectivity index (χ2n) is 10.0. The van der Waals surface area contributed by atoms with Crippen LogP contribution in [0.4, 0.5) is 10.5 Å². The topological polar surface area (TPSA) is 111 Å². The Labute approximate surface area is 238 Å². The second-order valence-corrected chi connectivity index (χ2v) is 10.0. The molecule has 1 saturated carbocycles. The van der Waals surface area contributed by atoms with Gasteiger partial charge in [0.15, 0.2) is 5.78 Å². The number of carbonyl (C=O) groups is 4. The molecule has 1 heterocycles. The molecule has 2 aliphatic rings. The molecule has 2 amide bonds. The highest BCUT2D eigenvalue weighted by molar-refractivity contribution is 6.04. The lowest BCUT2D eigenvalue weighted by molar-refractivity contribution is -0.126. The molecule has 0 saturated heterocycles. The largest absolute Gasteiger partial charge is 0.493 e. The molecule has 0 radical (unpaired) electrons. The third-order valence-electron chi connectivity index (χ3n) is 7.19. The minimum Gasteiger partial charge on any atom is -0.493 e. The van der Waals surface area contributed by atoms with Gasteiger partial charge in [0.25, 0.3) is 5.91 Å². The smallest absolute Gasteiger partial charge is 0.411 e. The monoisotopic (exact) mass is 556 g/mol. The summed E-state index contributed by atoms with van der Waals surface area (Å²) < 4.78 is 17.1. The van der Waals surface area contributed by atoms with Crippen LogP contribution < -0.4 is 14.8 Å². The van der Waals surface area contributed by atoms with Crippen LogP contribution in [0.1, 0.15) is 60.5 Å². The molecule has 5 rings (SSSR count). The maximum atomic E-state index is 13.6. The van der Waals surface area contributed by atoms with Gasteiger partial charge in [-0.15, -0.1) is 0 Å². The zero-order valence-electron chi connectivity index (χ0n) is 22.9. The van der Waals surface area contributed by atoms with Crippen LogP contribution in [0.25, 0.3) is 0 Å². The van der Waals surface area contributed by atoms with E-state index in [1.54, 1.807) is 41.3 Å². The molecule has 9 nitrogen and oxygen atoms in total. The van der Waals surface area contributed by atoms with Gasteiger partial charge < -0.3 is 19.1 Å². The van der Waals surface area contributed by atoms with Crippen molar-refractivity contribution < 1.29 is 33.4 Å². The van der Waals surface area contributed by atoms with Crippen LogP contribution in [-0.4, -0.2) is 41.1 Å². The lowest BCUT2D eigenvalue weighted by Crippen LogP contribution is -2.42. The van der Waals surface area contributed by atoms with E-state index < -0.39 is 12.1 Å². The van der Waals surface area contributed by atoms with E-state index in [1.165, 1.54) is 0 Å². The molecule has 1 aliphatic carbocycles. The SMILES string of the molecule is CCOc1c(COC(=O)Nc2ccc(Oc3ccccc3)cc2)ccc2c1C(=O)N([C@H]1CCC(=O)CCCC1=O)C2. The predicted molar refractivity (Wildman–Crippen MR) is 151 cm³/mol. The third kappa shape index (κ3) is 6.57. The van der Waals surface area contributed by atoms with Gasteiger partial charge in [-0.2, -0.15) is 0 Å². The first kappa shape index (κ1) is 27.9. The van der Waals surface area contributed by atoms with Crippen LogP contribution in [0.5, 0.6) is 17.2 Å². The van der Waals surface area contributed by atoms with E-state index in [1.807, 2.05) is 37.3 Å². The molecule has 212 valence electrons. The van der Waals surface area contributed by atoms with E-state index in [0.29, 0.717) is 59.9 Å². The fraction of sp³-hybridized carbons (Fsp3) is 0.312. The van der Waals surface area contributed by atoms with Crippen molar-refractivity contribution >= 4 is 29.3 Å². The Hall–Kier alpha value is -4.66. The number of amides is 2. The van der Waals surface area contributed by atoms with E-state index in [-0.39, 0.29) is 43.5 Å². The van der Waals surface area contributed by atoms with Gasteiger partial charge in [0.1, 0.15) is 29.6 Å². The molecule has 0 aromatic heterocycles. The Morgan fingerprint density at radius 3 is 2.44 bits per heavy atom. The first-order valence-electron chi connectivity index (χ1n) is 13.8. The predicted octanol–water partition coefficient (Wildman–Crippen LogP) is 6.05. The molecule has 1 N–H and O–H groups in total. The molecule has 3 aromatic rings. The number of Topliss-reactive ketones (excluding diaryl/α,β-unsaturated/α-hetero) is 2. The average Bonchev–Trinajstić information content (AvgIpc) is 3.29. The Balaban J connectivity index is 1.24. The van der Waals surface area contributed by atoms with Gasteiger partial charge in [0.05, 0.1) is 18.2 Å². The number of ketones is 2. The molecule has 1 aliphatic heterocycles. The standard InChI is InChI=1S/C32H32N2O7/c1-2-39-30-22(20-40-32(38)33-23-13-16-26(17-14-23)41-25-8-4-3-5-9-25)12-11-21-19-34(31(37)29(21)30)27-18-15-24(35)7-6-10-28(27)36/h3-5,8-9,11-14,16-17,27H,2,6-7,10,15,18-20H2,1H3,(H,33,38)/t27-/m0/s1. The maximum Gasteiger partial charge on any atom is 0.411 e. The lowest BCUT2D eigenvalue weighted by atomic mass is 9.94. The number of ether oxygens (including phenoxy) is 3. The van der Waals surface area contributed by atoms with Gasteiger partial charge in [-0.3, -0.25) is 19.7 Å². The molecule has 9 heteroatoms. The number of carbonyl (C=O) groups excluding carboxylic acids is 4. The number of benzene rings is 3. The summed E-state index contributed by atoms with van der Waals surface area (Å²) in [4.78, 5) is 52.6. The molecule has 0 bridgehead atoms. The van der Waals surface area contributed by atoms with Crippen molar-refractivity contribution in [2.24, 2.45) is 0 Å². The summed E-state index contributed by atoms with van der Waals surface area (Å²) in [5.74, 6) is 1.48. The number of anilines is 1. The molecular weight excluding hydrogens is 524 g/mol. The van der Waals surface area contributed by atoms with E-state index in [2.05, 4.69) is 5.32 Å². The first-order valence-corrected chi connectivity index (χ1v) is 13.8. The second kappa shape index (κ2) is 12.7. The summed E-state index contributed by atoms with van der Waals surface area (Å²) in [7, 11) is 0. The normalized spacial score (nSPS) is 17.0. The van der Waals surface area contributed by atoms with Crippen molar-refractivity contribution in [2.75, 3.05) is 11.9 Å². The highest BCUT2D eigenvalue weighted by Gasteiger charge is 2.39. The number of para-hydroxylation sites is 1. The Kier molecular flexibility index (Phi) is 8.62. The fourth-order valence-corrected chi connectivity index (χ4v) is 5.17. The molecule has 1 atom stereocenters. The Bertz CT molecular complexity index is 1440. The molecule has 41 heavy (non-hydrogen) atoms. The summed E-state index contributed by atoms with van der Waals surface area (Å²) in [6, 6.07) is 19.2. The molecule has 0 spiro atoms. The number of hydrogen-bond donors (Lipinski definition) is 1. The third-order valence-corrected chi connectivity index (χ3v) is 7.19. The van der Waals surface area contributed by atoms with Crippen molar-refractivity contribution in [3.63, 3.8) is 0 Å². The van der Waals surface area contributed by atoms with E-state index in [9.17, 15) is 19.2 Å². The van der Waals surface area contributed by atoms with Gasteiger partial charge in [0.2, 0.25) is 0 Å². The van der Waals surface area contributed by atoms with Crippen LogP contribution in [0, 0.1) is 0 Å². The van der Waals surface area contributed by atoms with Gasteiger partial charge in [-0.25, -0.2) is 4.79 Å². The summed E-state index contributed by atoms with van der Waals surface area (Å²) in [5.41, 5.74) is 2.19. The minimum absolute atomic E-state index is 0.0171. The average molecular weight is 557 g/mol. The van der Waals surface area contributed by atoms with Crippen LogP contribution in [0.3, 0.4) is 0 Å². The van der Waals surface area contributed by atoms with Crippen LogP contribution >= 0.6 is 0 Å². The summed E-state index contributed by atoms with van der Waals surface area (Å²) >= 11 is 0.